The number of cyclic esters (lactones) is 1. The van der Waals surface area contributed by atoms with Gasteiger partial charge >= 0.3 is 11.9 Å². The van der Waals surface area contributed by atoms with Crippen LogP contribution in [0.5, 0.6) is 5.75 Å². The maximum Gasteiger partial charge on any atom is 0.355 e. The van der Waals surface area contributed by atoms with E-state index in [9.17, 15) is 43.8 Å². The number of benzene rings is 2. The van der Waals surface area contributed by atoms with E-state index in [0.717, 1.165) is 10.9 Å². The minimum atomic E-state index is -2.07. The Morgan fingerprint density at radius 1 is 0.964 bits per heavy atom. The summed E-state index contributed by atoms with van der Waals surface area (Å²) >= 11 is 5.76. The Morgan fingerprint density at radius 2 is 1.72 bits per heavy atom. The molecule has 2 saturated heterocycles. The third-order valence-electron chi connectivity index (χ3n) is 15.5. The average Bonchev–Trinajstić information content (AvgIpc) is 2.53. The molecule has 24 nitrogen and oxygen atoms in total. The number of ether oxygens (including phenoxy) is 5. The van der Waals surface area contributed by atoms with Gasteiger partial charge in [0.05, 0.1) is 48.0 Å². The number of carbonyl (C=O) groups is 6. The Hall–Kier alpha value is -7.84. The van der Waals surface area contributed by atoms with Gasteiger partial charge in [-0.05, 0) is 99.1 Å². The number of esters is 2. The summed E-state index contributed by atoms with van der Waals surface area (Å²) in [6.07, 6.45) is -1.02. The number of imidazole rings is 1. The molecular weight excluding hydrogens is 1090 g/mol. The number of aromatic nitrogens is 4. The summed E-state index contributed by atoms with van der Waals surface area (Å²) in [6, 6.07) is 13.4. The Bertz CT molecular complexity index is 3320. The topological polar surface area (TPSA) is 316 Å². The van der Waals surface area contributed by atoms with E-state index in [2.05, 4.69) is 36.6 Å². The first-order valence-corrected chi connectivity index (χ1v) is 28.2. The number of hydrogen-bond acceptors (Lipinski definition) is 17. The average molecular weight is 1160 g/mol. The van der Waals surface area contributed by atoms with Gasteiger partial charge in [0.15, 0.2) is 5.11 Å². The van der Waals surface area contributed by atoms with E-state index < -0.39 is 114 Å². The van der Waals surface area contributed by atoms with Crippen molar-refractivity contribution in [2.24, 2.45) is 11.8 Å². The van der Waals surface area contributed by atoms with Crippen molar-refractivity contribution < 1.29 is 62.7 Å². The van der Waals surface area contributed by atoms with Crippen LogP contribution in [0.1, 0.15) is 89.6 Å². The molecule has 0 aliphatic carbocycles. The number of carbonyl (C=O) groups excluding carboxylic acids is 6. The van der Waals surface area contributed by atoms with Crippen molar-refractivity contribution in [3.05, 3.63) is 106 Å². The van der Waals surface area contributed by atoms with Crippen LogP contribution in [-0.4, -0.2) is 150 Å². The molecule has 2 unspecified atom stereocenters. The molecule has 0 saturated carbocycles. The van der Waals surface area contributed by atoms with Crippen LogP contribution in [0.4, 0.5) is 5.69 Å². The van der Waals surface area contributed by atoms with Crippen LogP contribution in [0.15, 0.2) is 78.0 Å². The Labute approximate surface area is 483 Å². The number of amides is 4. The van der Waals surface area contributed by atoms with Gasteiger partial charge < -0.3 is 74.9 Å². The first kappa shape index (κ1) is 59.8. The lowest BCUT2D eigenvalue weighted by Gasteiger charge is -2.40. The number of nitrogens with zero attached hydrogens (tertiary/aromatic N) is 4. The van der Waals surface area contributed by atoms with E-state index in [0.29, 0.717) is 53.4 Å². The summed E-state index contributed by atoms with van der Waals surface area (Å²) < 4.78 is 30.1. The molecular formula is C58H70N10O14S. The molecule has 0 radical (unpaired) electrons. The Balaban J connectivity index is 0.826. The number of H-pyrrole nitrogens is 1. The molecule has 7 heterocycles. The third-order valence-corrected chi connectivity index (χ3v) is 15.8. The van der Waals surface area contributed by atoms with Gasteiger partial charge in [-0.2, -0.15) is 0 Å². The number of likely N-dealkylation sites (tertiary alicyclic amines) is 1. The van der Waals surface area contributed by atoms with Gasteiger partial charge in [0.1, 0.15) is 54.8 Å². The number of rotatable bonds is 20. The molecule has 9 rings (SSSR count). The first-order valence-electron chi connectivity index (χ1n) is 27.8. The molecule has 0 bridgehead atoms. The van der Waals surface area contributed by atoms with Crippen LogP contribution in [0, 0.1) is 11.8 Å². The highest BCUT2D eigenvalue weighted by molar-refractivity contribution is 7.80. The predicted octanol–water partition coefficient (Wildman–Crippen LogP) is 2.59. The zero-order valence-electron chi connectivity index (χ0n) is 47.1. The van der Waals surface area contributed by atoms with Crippen molar-refractivity contribution in [1.29, 1.82) is 0 Å². The normalized spacial score (nSPS) is 22.8. The van der Waals surface area contributed by atoms with Crippen molar-refractivity contribution in [3.63, 3.8) is 0 Å². The number of para-hydroxylation sites is 1. The smallest absolute Gasteiger partial charge is 0.355 e. The lowest BCUT2D eigenvalue weighted by molar-refractivity contribution is -0.272. The summed E-state index contributed by atoms with van der Waals surface area (Å²) in [6.45, 7) is 10.1. The van der Waals surface area contributed by atoms with E-state index in [-0.39, 0.29) is 54.6 Å². The maximum absolute atomic E-state index is 14.5. The van der Waals surface area contributed by atoms with Crippen LogP contribution in [0.2, 0.25) is 0 Å². The van der Waals surface area contributed by atoms with Crippen molar-refractivity contribution in [1.82, 2.24) is 45.7 Å². The number of aliphatic hydroxyl groups excluding tert-OH is 2. The second-order valence-corrected chi connectivity index (χ2v) is 22.4. The van der Waals surface area contributed by atoms with Gasteiger partial charge in [-0.1, -0.05) is 52.8 Å². The fourth-order valence-electron chi connectivity index (χ4n) is 11.0. The number of aromatic amines is 1. The quantitative estimate of drug-likeness (QED) is 0.0402. The molecule has 8 N–H and O–H groups in total. The lowest BCUT2D eigenvalue weighted by Crippen LogP contribution is -2.59. The van der Waals surface area contributed by atoms with Gasteiger partial charge in [-0.3, -0.25) is 24.0 Å². The minimum Gasteiger partial charge on any atom is -0.462 e. The number of hydrogen-bond donors (Lipinski definition) is 8. The largest absolute Gasteiger partial charge is 0.462 e. The summed E-state index contributed by atoms with van der Waals surface area (Å²) in [7, 11) is 1.38. The first-order chi connectivity index (χ1) is 39.7. The van der Waals surface area contributed by atoms with E-state index in [1.807, 2.05) is 44.2 Å². The number of nitrogens with one attached hydrogen (secondary N) is 6. The fourth-order valence-corrected chi connectivity index (χ4v) is 11.3. The van der Waals surface area contributed by atoms with Crippen LogP contribution in [0.25, 0.3) is 22.3 Å². The fraction of sp³-hybridized carbons (Fsp3) is 0.483. The number of aliphatic hydroxyl groups is 2. The van der Waals surface area contributed by atoms with Crippen molar-refractivity contribution >= 4 is 69.5 Å². The van der Waals surface area contributed by atoms with Gasteiger partial charge in [0, 0.05) is 54.2 Å². The monoisotopic (exact) mass is 1160 g/mol. The number of anilines is 1. The zero-order chi connectivity index (χ0) is 59.4. The van der Waals surface area contributed by atoms with Gasteiger partial charge in [0.2, 0.25) is 35.5 Å². The highest BCUT2D eigenvalue weighted by Gasteiger charge is 2.52. The van der Waals surface area contributed by atoms with E-state index in [1.165, 1.54) is 19.6 Å². The zero-order valence-corrected chi connectivity index (χ0v) is 48.0. The minimum absolute atomic E-state index is 0.0628. The van der Waals surface area contributed by atoms with Crippen LogP contribution >= 0.6 is 12.2 Å². The van der Waals surface area contributed by atoms with Crippen LogP contribution in [-0.2, 0) is 72.9 Å². The van der Waals surface area contributed by atoms with E-state index >= 15 is 0 Å². The summed E-state index contributed by atoms with van der Waals surface area (Å²) in [5.41, 5.74) is 1.39. The number of pyridine rings is 2. The molecule has 3 aromatic heterocycles. The van der Waals surface area contributed by atoms with Crippen LogP contribution in [0.3, 0.4) is 0 Å². The Morgan fingerprint density at radius 3 is 2.42 bits per heavy atom. The molecule has 0 spiro atoms. The number of thiocarbonyl (C=S) groups is 1. The summed E-state index contributed by atoms with van der Waals surface area (Å²) in [5, 5.41) is 36.2. The molecule has 2 fully saturated rings. The molecule has 442 valence electrons. The lowest BCUT2D eigenvalue weighted by atomic mass is 9.85. The van der Waals surface area contributed by atoms with Gasteiger partial charge in [0.25, 0.3) is 5.56 Å². The second-order valence-electron chi connectivity index (χ2n) is 22.0. The molecule has 4 aliphatic heterocycles. The maximum atomic E-state index is 14.5. The third kappa shape index (κ3) is 12.7. The second kappa shape index (κ2) is 25.3. The van der Waals surface area contributed by atoms with Gasteiger partial charge in [-0.25, -0.2) is 19.6 Å². The highest BCUT2D eigenvalue weighted by Crippen LogP contribution is 2.41. The van der Waals surface area contributed by atoms with Crippen molar-refractivity contribution in [3.8, 4) is 17.1 Å². The highest BCUT2D eigenvalue weighted by atomic mass is 32.1. The SMILES string of the molecule is CCC1(OC(=O)[C@H](NC(=O)[C@@H](Cc2cnc[nH]2)NC(=O)CNC(=O)[C@H](CC(C)C)NC(=O)[C@H]2CCCN2C(=S)Nc2ccc(OC3O[C@H](C)[C@H](O)[C@H](OC)[C@@H]3O)cc2)C(C)C)C(=O)OCc2c1cc1n(c2=O)Cc2cc3ccccc3nc2-1. The summed E-state index contributed by atoms with van der Waals surface area (Å²) in [4.78, 5) is 112. The molecule has 2 aromatic carbocycles. The van der Waals surface area contributed by atoms with Crippen molar-refractivity contribution in [2.75, 3.05) is 25.5 Å². The van der Waals surface area contributed by atoms with Crippen LogP contribution < -0.4 is 36.9 Å². The number of fused-ring (bicyclic) bond motifs is 5. The summed E-state index contributed by atoms with van der Waals surface area (Å²) in [5.74, 6) is -4.85. The van der Waals surface area contributed by atoms with E-state index in [1.54, 1.807) is 67.5 Å². The van der Waals surface area contributed by atoms with Crippen molar-refractivity contribution in [2.45, 2.75) is 147 Å². The molecule has 83 heavy (non-hydrogen) atoms. The molecule has 5 aromatic rings. The molecule has 10 atom stereocenters. The molecule has 4 amide bonds. The molecule has 25 heteroatoms. The predicted molar refractivity (Wildman–Crippen MR) is 304 cm³/mol. The Kier molecular flexibility index (Phi) is 18.2. The van der Waals surface area contributed by atoms with E-state index in [4.69, 9.17) is 40.9 Å². The standard InChI is InChI=1S/C58H70N10O14S/c1-8-58(38-23-43-46-33(21-32-12-9-10-13-39(32)64-46)26-68(43)53(75)37(38)27-79-56(58)77)82-54(76)45(30(4)5)66-51(73)41(22-35-24-59-28-61-35)63-44(69)25-60-50(72)40(20-29(2)3)65-52(74)42-14-11-19-67(42)57(83)62-34-15-17-36(18-16-34)81-55-48(71)49(78-7)47(70)31(6)80-55/h9-10,12-13,15-18,21,23-24,28-31,40-42,45,47-49,55,70-71H,8,11,14,19-20,22,25-27H2,1-7H3,(H,59,61)(H,60,72)(H,62,83)(H,63,69)(H,65,74)(H,66,73)/t31-,40+,41-,42-,45-,47+,48+,49+,55?,58?/m1/s1. The van der Waals surface area contributed by atoms with Gasteiger partial charge in [-0.15, -0.1) is 0 Å². The molecule has 4 aliphatic rings. The number of methoxy groups -OCH3 is 1.